The van der Waals surface area contributed by atoms with Crippen LogP contribution in [0.1, 0.15) is 49.8 Å². The van der Waals surface area contributed by atoms with Crippen LogP contribution in [0.15, 0.2) is 12.1 Å². The van der Waals surface area contributed by atoms with Gasteiger partial charge in [-0.05, 0) is 56.7 Å². The van der Waals surface area contributed by atoms with Crippen molar-refractivity contribution in [1.29, 1.82) is 0 Å². The lowest BCUT2D eigenvalue weighted by Gasteiger charge is -2.37. The van der Waals surface area contributed by atoms with Gasteiger partial charge in [0.25, 0.3) is 0 Å². The van der Waals surface area contributed by atoms with E-state index < -0.39 is 0 Å². The Morgan fingerprint density at radius 1 is 1.31 bits per heavy atom. The van der Waals surface area contributed by atoms with E-state index in [1.165, 1.54) is 23.1 Å². The van der Waals surface area contributed by atoms with Gasteiger partial charge >= 0.3 is 0 Å². The van der Waals surface area contributed by atoms with E-state index >= 15 is 0 Å². The predicted molar refractivity (Wildman–Crippen MR) is 68.2 cm³/mol. The lowest BCUT2D eigenvalue weighted by Crippen LogP contribution is -2.36. The molecule has 1 aromatic carbocycles. The molecule has 0 saturated heterocycles. The summed E-state index contributed by atoms with van der Waals surface area (Å²) in [5.41, 5.74) is 4.09. The van der Waals surface area contributed by atoms with E-state index in [9.17, 15) is 0 Å². The second-order valence-corrected chi connectivity index (χ2v) is 5.30. The zero-order valence-electron chi connectivity index (χ0n) is 10.9. The highest BCUT2D eigenvalue weighted by Gasteiger charge is 2.31. The van der Waals surface area contributed by atoms with Gasteiger partial charge in [-0.3, -0.25) is 0 Å². The molecular weight excluding hydrogens is 196 g/mol. The average molecular weight is 218 g/mol. The third-order valence-corrected chi connectivity index (χ3v) is 3.81. The normalized spacial score (nSPS) is 23.8. The van der Waals surface area contributed by atoms with E-state index in [1.807, 2.05) is 0 Å². The molecule has 1 aromatic rings. The van der Waals surface area contributed by atoms with Gasteiger partial charge in [-0.15, -0.1) is 0 Å². The van der Waals surface area contributed by atoms with Crippen molar-refractivity contribution in [2.45, 2.75) is 59.0 Å². The minimum atomic E-state index is 0.0559. The molecule has 0 spiro atoms. The van der Waals surface area contributed by atoms with Crippen molar-refractivity contribution in [3.63, 3.8) is 0 Å². The monoisotopic (exact) mass is 218 g/mol. The Balaban J connectivity index is 2.35. The van der Waals surface area contributed by atoms with E-state index in [-0.39, 0.29) is 5.60 Å². The summed E-state index contributed by atoms with van der Waals surface area (Å²) in [5, 5.41) is 0. The zero-order chi connectivity index (χ0) is 11.8. The predicted octanol–water partition coefficient (Wildman–Crippen LogP) is 4.19. The first-order valence-electron chi connectivity index (χ1n) is 6.34. The van der Waals surface area contributed by atoms with Crippen LogP contribution in [0.2, 0.25) is 0 Å². The van der Waals surface area contributed by atoms with Crippen molar-refractivity contribution in [1.82, 2.24) is 0 Å². The third kappa shape index (κ3) is 1.95. The fourth-order valence-corrected chi connectivity index (χ4v) is 2.59. The zero-order valence-corrected chi connectivity index (χ0v) is 10.9. The molecule has 1 nitrogen and oxygen atoms in total. The fourth-order valence-electron chi connectivity index (χ4n) is 2.59. The fraction of sp³-hybridized carbons (Fsp3) is 0.600. The van der Waals surface area contributed by atoms with Crippen LogP contribution in [-0.2, 0) is 6.42 Å². The molecule has 0 radical (unpaired) electrons. The van der Waals surface area contributed by atoms with Crippen LogP contribution in [0.25, 0.3) is 0 Å². The van der Waals surface area contributed by atoms with Gasteiger partial charge in [0.05, 0.1) is 0 Å². The molecule has 0 saturated carbocycles. The standard InChI is InChI=1S/C15H22O/c1-5-9-15(4)10-8-13-7-6-11(2)12(3)14(13)16-15/h6-7H,5,8-10H2,1-4H3/t15-/m1/s1. The topological polar surface area (TPSA) is 9.23 Å². The van der Waals surface area contributed by atoms with Crippen molar-refractivity contribution in [3.05, 3.63) is 28.8 Å². The first-order chi connectivity index (χ1) is 7.56. The molecule has 1 aliphatic heterocycles. The van der Waals surface area contributed by atoms with Gasteiger partial charge in [0.1, 0.15) is 11.4 Å². The van der Waals surface area contributed by atoms with Crippen LogP contribution >= 0.6 is 0 Å². The van der Waals surface area contributed by atoms with Crippen LogP contribution in [-0.4, -0.2) is 5.60 Å². The molecule has 0 fully saturated rings. The first kappa shape index (κ1) is 11.5. The van der Waals surface area contributed by atoms with Crippen LogP contribution < -0.4 is 4.74 Å². The van der Waals surface area contributed by atoms with Gasteiger partial charge in [0.2, 0.25) is 0 Å². The molecule has 88 valence electrons. The molecule has 2 rings (SSSR count). The number of fused-ring (bicyclic) bond motifs is 1. The molecule has 0 unspecified atom stereocenters. The van der Waals surface area contributed by atoms with Gasteiger partial charge in [0, 0.05) is 0 Å². The molecule has 16 heavy (non-hydrogen) atoms. The van der Waals surface area contributed by atoms with Gasteiger partial charge < -0.3 is 4.74 Å². The maximum atomic E-state index is 6.27. The first-order valence-corrected chi connectivity index (χ1v) is 6.34. The summed E-state index contributed by atoms with van der Waals surface area (Å²) < 4.78 is 6.27. The Labute approximate surface area is 98.8 Å². The lowest BCUT2D eigenvalue weighted by molar-refractivity contribution is 0.0546. The van der Waals surface area contributed by atoms with Crippen molar-refractivity contribution in [3.8, 4) is 5.75 Å². The van der Waals surface area contributed by atoms with Crippen LogP contribution in [0.4, 0.5) is 0 Å². The molecular formula is C15H22O. The molecule has 1 heteroatoms. The van der Waals surface area contributed by atoms with Gasteiger partial charge in [-0.25, -0.2) is 0 Å². The number of hydrogen-bond acceptors (Lipinski definition) is 1. The quantitative estimate of drug-likeness (QED) is 0.723. The van der Waals surface area contributed by atoms with Crippen molar-refractivity contribution < 1.29 is 4.74 Å². The van der Waals surface area contributed by atoms with Crippen molar-refractivity contribution >= 4 is 0 Å². The van der Waals surface area contributed by atoms with Crippen LogP contribution in [0, 0.1) is 13.8 Å². The van der Waals surface area contributed by atoms with E-state index in [0.717, 1.165) is 25.0 Å². The van der Waals surface area contributed by atoms with Gasteiger partial charge in [-0.1, -0.05) is 25.5 Å². The molecule has 1 aliphatic rings. The summed E-state index contributed by atoms with van der Waals surface area (Å²) in [4.78, 5) is 0. The highest BCUT2D eigenvalue weighted by atomic mass is 16.5. The largest absolute Gasteiger partial charge is 0.487 e. The van der Waals surface area contributed by atoms with E-state index in [1.54, 1.807) is 0 Å². The summed E-state index contributed by atoms with van der Waals surface area (Å²) >= 11 is 0. The number of hydrogen-bond donors (Lipinski definition) is 0. The number of aryl methyl sites for hydroxylation is 2. The molecule has 1 atom stereocenters. The highest BCUT2D eigenvalue weighted by molar-refractivity contribution is 5.46. The second kappa shape index (κ2) is 4.12. The van der Waals surface area contributed by atoms with E-state index in [4.69, 9.17) is 4.74 Å². The number of rotatable bonds is 2. The molecule has 0 bridgehead atoms. The Bertz CT molecular complexity index is 395. The minimum absolute atomic E-state index is 0.0559. The van der Waals surface area contributed by atoms with Crippen molar-refractivity contribution in [2.75, 3.05) is 0 Å². The Kier molecular flexibility index (Phi) is 2.96. The smallest absolute Gasteiger partial charge is 0.126 e. The SMILES string of the molecule is CCC[C@]1(C)CCc2ccc(C)c(C)c2O1. The Morgan fingerprint density at radius 2 is 2.06 bits per heavy atom. The highest BCUT2D eigenvalue weighted by Crippen LogP contribution is 2.38. The summed E-state index contributed by atoms with van der Waals surface area (Å²) in [6.07, 6.45) is 4.65. The summed E-state index contributed by atoms with van der Waals surface area (Å²) in [6, 6.07) is 4.43. The molecule has 0 N–H and O–H groups in total. The summed E-state index contributed by atoms with van der Waals surface area (Å²) in [5.74, 6) is 1.15. The lowest BCUT2D eigenvalue weighted by atomic mass is 9.87. The third-order valence-electron chi connectivity index (χ3n) is 3.81. The van der Waals surface area contributed by atoms with Gasteiger partial charge in [-0.2, -0.15) is 0 Å². The molecule has 0 aromatic heterocycles. The maximum absolute atomic E-state index is 6.27. The molecule has 0 aliphatic carbocycles. The maximum Gasteiger partial charge on any atom is 0.126 e. The van der Waals surface area contributed by atoms with Crippen molar-refractivity contribution in [2.24, 2.45) is 0 Å². The average Bonchev–Trinajstić information content (AvgIpc) is 2.25. The Morgan fingerprint density at radius 3 is 2.75 bits per heavy atom. The van der Waals surface area contributed by atoms with Gasteiger partial charge in [0.15, 0.2) is 0 Å². The second-order valence-electron chi connectivity index (χ2n) is 5.30. The molecule has 1 heterocycles. The van der Waals surface area contributed by atoms with Crippen LogP contribution in [0.5, 0.6) is 5.75 Å². The van der Waals surface area contributed by atoms with E-state index in [0.29, 0.717) is 0 Å². The van der Waals surface area contributed by atoms with E-state index in [2.05, 4.69) is 39.8 Å². The summed E-state index contributed by atoms with van der Waals surface area (Å²) in [6.45, 7) is 8.81. The molecule has 0 amide bonds. The minimum Gasteiger partial charge on any atom is -0.487 e. The van der Waals surface area contributed by atoms with Crippen LogP contribution in [0.3, 0.4) is 0 Å². The summed E-state index contributed by atoms with van der Waals surface area (Å²) in [7, 11) is 0. The number of ether oxygens (including phenoxy) is 1. The Hall–Kier alpha value is -0.980. The number of benzene rings is 1.